The molecular weight excluding hydrogens is 324 g/mol. The predicted octanol–water partition coefficient (Wildman–Crippen LogP) is 5.08. The zero-order valence-corrected chi connectivity index (χ0v) is 14.6. The quantitative estimate of drug-likeness (QED) is 0.521. The Bertz CT molecular complexity index is 1080. The van der Waals surface area contributed by atoms with Crippen molar-refractivity contribution < 1.29 is 9.32 Å². The maximum absolute atomic E-state index is 13.2. The zero-order chi connectivity index (χ0) is 18.1. The van der Waals surface area contributed by atoms with E-state index in [1.807, 2.05) is 66.7 Å². The van der Waals surface area contributed by atoms with Crippen LogP contribution in [0.4, 0.5) is 5.69 Å². The van der Waals surface area contributed by atoms with Gasteiger partial charge in [0, 0.05) is 18.3 Å². The van der Waals surface area contributed by atoms with Gasteiger partial charge in [0.15, 0.2) is 0 Å². The monoisotopic (exact) mass is 342 g/mol. The minimum absolute atomic E-state index is 0.141. The molecule has 0 unspecified atom stereocenters. The Morgan fingerprint density at radius 1 is 0.923 bits per heavy atom. The van der Waals surface area contributed by atoms with Gasteiger partial charge >= 0.3 is 0 Å². The fourth-order valence-corrected chi connectivity index (χ4v) is 3.09. The predicted molar refractivity (Wildman–Crippen MR) is 103 cm³/mol. The molecule has 4 heteroatoms. The van der Waals surface area contributed by atoms with Crippen molar-refractivity contribution in [1.29, 1.82) is 0 Å². The Morgan fingerprint density at radius 3 is 2.38 bits per heavy atom. The van der Waals surface area contributed by atoms with Crippen LogP contribution in [0.25, 0.3) is 22.0 Å². The van der Waals surface area contributed by atoms with Gasteiger partial charge in [-0.15, -0.1) is 0 Å². The van der Waals surface area contributed by atoms with E-state index in [2.05, 4.69) is 11.2 Å². The molecule has 0 radical (unpaired) electrons. The number of rotatable bonds is 3. The first-order valence-electron chi connectivity index (χ1n) is 8.43. The van der Waals surface area contributed by atoms with Crippen molar-refractivity contribution >= 4 is 22.4 Å². The van der Waals surface area contributed by atoms with Crippen LogP contribution in [0, 0.1) is 6.92 Å². The summed E-state index contributed by atoms with van der Waals surface area (Å²) in [6, 6.07) is 23.7. The molecule has 128 valence electrons. The second-order valence-corrected chi connectivity index (χ2v) is 6.22. The fourth-order valence-electron chi connectivity index (χ4n) is 3.09. The number of anilines is 1. The van der Waals surface area contributed by atoms with E-state index in [9.17, 15) is 4.79 Å². The summed E-state index contributed by atoms with van der Waals surface area (Å²) < 4.78 is 5.33. The molecule has 26 heavy (non-hydrogen) atoms. The van der Waals surface area contributed by atoms with Gasteiger partial charge in [0.1, 0.15) is 17.0 Å². The number of carbonyl (C=O) groups is 1. The van der Waals surface area contributed by atoms with E-state index in [1.54, 1.807) is 18.9 Å². The van der Waals surface area contributed by atoms with E-state index >= 15 is 0 Å². The van der Waals surface area contributed by atoms with E-state index in [0.717, 1.165) is 22.0 Å². The first kappa shape index (κ1) is 16.1. The second-order valence-electron chi connectivity index (χ2n) is 6.22. The number of amides is 1. The highest BCUT2D eigenvalue weighted by atomic mass is 16.5. The molecule has 4 rings (SSSR count). The molecule has 0 atom stereocenters. The lowest BCUT2D eigenvalue weighted by molar-refractivity contribution is 0.0992. The fraction of sp³-hybridized carbons (Fsp3) is 0.0909. The Hall–Kier alpha value is -3.40. The number of fused-ring (bicyclic) bond motifs is 1. The topological polar surface area (TPSA) is 46.3 Å². The number of aryl methyl sites for hydroxylation is 1. The molecule has 3 aromatic carbocycles. The molecule has 0 bridgehead atoms. The van der Waals surface area contributed by atoms with E-state index < -0.39 is 0 Å². The minimum Gasteiger partial charge on any atom is -0.360 e. The summed E-state index contributed by atoms with van der Waals surface area (Å²) in [6.07, 6.45) is 0. The Balaban J connectivity index is 1.74. The van der Waals surface area contributed by atoms with Crippen LogP contribution in [-0.2, 0) is 0 Å². The standard InChI is InChI=1S/C22H18N2O2/c1-15-20(21(23-26-15)17-9-4-3-5-10-17)22(25)24(2)19-13-12-16-8-6-7-11-18(16)14-19/h3-14H,1-2H3. The highest BCUT2D eigenvalue weighted by Gasteiger charge is 2.25. The summed E-state index contributed by atoms with van der Waals surface area (Å²) >= 11 is 0. The van der Waals surface area contributed by atoms with Crippen molar-refractivity contribution in [2.75, 3.05) is 11.9 Å². The molecule has 0 aliphatic heterocycles. The lowest BCUT2D eigenvalue weighted by atomic mass is 10.0. The van der Waals surface area contributed by atoms with Crippen molar-refractivity contribution in [3.8, 4) is 11.3 Å². The van der Waals surface area contributed by atoms with Crippen LogP contribution in [0.15, 0.2) is 77.3 Å². The van der Waals surface area contributed by atoms with E-state index in [0.29, 0.717) is 17.0 Å². The van der Waals surface area contributed by atoms with E-state index in [-0.39, 0.29) is 5.91 Å². The highest BCUT2D eigenvalue weighted by Crippen LogP contribution is 2.28. The van der Waals surface area contributed by atoms with Gasteiger partial charge in [-0.25, -0.2) is 0 Å². The number of benzene rings is 3. The Morgan fingerprint density at radius 2 is 1.62 bits per heavy atom. The first-order chi connectivity index (χ1) is 12.6. The Kier molecular flexibility index (Phi) is 4.01. The van der Waals surface area contributed by atoms with Crippen LogP contribution in [0.2, 0.25) is 0 Å². The van der Waals surface area contributed by atoms with Gasteiger partial charge in [-0.2, -0.15) is 0 Å². The zero-order valence-electron chi connectivity index (χ0n) is 14.6. The van der Waals surface area contributed by atoms with Gasteiger partial charge < -0.3 is 9.42 Å². The number of nitrogens with zero attached hydrogens (tertiary/aromatic N) is 2. The summed E-state index contributed by atoms with van der Waals surface area (Å²) in [4.78, 5) is 14.8. The van der Waals surface area contributed by atoms with Crippen LogP contribution < -0.4 is 4.90 Å². The largest absolute Gasteiger partial charge is 0.360 e. The molecule has 1 aromatic heterocycles. The van der Waals surface area contributed by atoms with Crippen molar-refractivity contribution in [2.24, 2.45) is 0 Å². The van der Waals surface area contributed by atoms with E-state index in [1.165, 1.54) is 0 Å². The van der Waals surface area contributed by atoms with E-state index in [4.69, 9.17) is 4.52 Å². The van der Waals surface area contributed by atoms with Crippen molar-refractivity contribution in [1.82, 2.24) is 5.16 Å². The smallest absolute Gasteiger partial charge is 0.263 e. The molecule has 1 heterocycles. The summed E-state index contributed by atoms with van der Waals surface area (Å²) in [5.41, 5.74) is 2.75. The number of aromatic nitrogens is 1. The van der Waals surface area contributed by atoms with Crippen LogP contribution in [-0.4, -0.2) is 18.1 Å². The molecule has 4 nitrogen and oxygen atoms in total. The molecule has 0 aliphatic carbocycles. The van der Waals surface area contributed by atoms with Gasteiger partial charge in [0.25, 0.3) is 5.91 Å². The third kappa shape index (κ3) is 2.75. The van der Waals surface area contributed by atoms with Crippen LogP contribution >= 0.6 is 0 Å². The molecule has 0 N–H and O–H groups in total. The maximum Gasteiger partial charge on any atom is 0.263 e. The average Bonchev–Trinajstić information content (AvgIpc) is 3.08. The maximum atomic E-state index is 13.2. The lowest BCUT2D eigenvalue weighted by Crippen LogP contribution is -2.27. The number of carbonyl (C=O) groups excluding carboxylic acids is 1. The summed E-state index contributed by atoms with van der Waals surface area (Å²) in [5.74, 6) is 0.374. The third-order valence-corrected chi connectivity index (χ3v) is 4.55. The third-order valence-electron chi connectivity index (χ3n) is 4.55. The molecule has 0 aliphatic rings. The molecule has 4 aromatic rings. The van der Waals surface area contributed by atoms with Crippen molar-refractivity contribution in [3.63, 3.8) is 0 Å². The molecule has 0 saturated heterocycles. The lowest BCUT2D eigenvalue weighted by Gasteiger charge is -2.18. The van der Waals surface area contributed by atoms with Crippen molar-refractivity contribution in [3.05, 3.63) is 84.1 Å². The van der Waals surface area contributed by atoms with Crippen LogP contribution in [0.3, 0.4) is 0 Å². The Labute approximate surface area is 151 Å². The summed E-state index contributed by atoms with van der Waals surface area (Å²) in [5, 5.41) is 6.34. The summed E-state index contributed by atoms with van der Waals surface area (Å²) in [7, 11) is 1.77. The molecule has 1 amide bonds. The molecule has 0 spiro atoms. The van der Waals surface area contributed by atoms with Gasteiger partial charge in [-0.3, -0.25) is 4.79 Å². The van der Waals surface area contributed by atoms with Gasteiger partial charge in [0.05, 0.1) is 0 Å². The SMILES string of the molecule is Cc1onc(-c2ccccc2)c1C(=O)N(C)c1ccc2ccccc2c1. The summed E-state index contributed by atoms with van der Waals surface area (Å²) in [6.45, 7) is 1.76. The molecule has 0 fully saturated rings. The molecular formula is C22H18N2O2. The normalized spacial score (nSPS) is 10.8. The van der Waals surface area contributed by atoms with Gasteiger partial charge in [-0.1, -0.05) is 65.8 Å². The van der Waals surface area contributed by atoms with Gasteiger partial charge in [-0.05, 0) is 29.8 Å². The van der Waals surface area contributed by atoms with Gasteiger partial charge in [0.2, 0.25) is 0 Å². The van der Waals surface area contributed by atoms with Crippen LogP contribution in [0.5, 0.6) is 0 Å². The first-order valence-corrected chi connectivity index (χ1v) is 8.43. The minimum atomic E-state index is -0.141. The van der Waals surface area contributed by atoms with Crippen LogP contribution in [0.1, 0.15) is 16.1 Å². The molecule has 0 saturated carbocycles. The number of hydrogen-bond acceptors (Lipinski definition) is 3. The number of hydrogen-bond donors (Lipinski definition) is 0. The average molecular weight is 342 g/mol. The van der Waals surface area contributed by atoms with Crippen molar-refractivity contribution in [2.45, 2.75) is 6.92 Å². The highest BCUT2D eigenvalue weighted by molar-refractivity contribution is 6.10. The second kappa shape index (κ2) is 6.48.